The highest BCUT2D eigenvalue weighted by molar-refractivity contribution is 6.30. The molecule has 0 saturated heterocycles. The first-order chi connectivity index (χ1) is 8.53. The van der Waals surface area contributed by atoms with Crippen LogP contribution in [-0.4, -0.2) is 21.7 Å². The molecule has 0 aliphatic rings. The number of hydrogen-bond acceptors (Lipinski definition) is 5. The van der Waals surface area contributed by atoms with Gasteiger partial charge >= 0.3 is 0 Å². The molecule has 0 radical (unpaired) electrons. The van der Waals surface area contributed by atoms with Gasteiger partial charge in [-0.1, -0.05) is 23.7 Å². The molecule has 0 atom stereocenters. The van der Waals surface area contributed by atoms with Crippen molar-refractivity contribution in [3.63, 3.8) is 0 Å². The molecule has 18 heavy (non-hydrogen) atoms. The van der Waals surface area contributed by atoms with E-state index in [1.54, 1.807) is 18.3 Å². The van der Waals surface area contributed by atoms with Crippen LogP contribution in [0.1, 0.15) is 26.7 Å². The van der Waals surface area contributed by atoms with Crippen LogP contribution in [0.15, 0.2) is 22.9 Å². The van der Waals surface area contributed by atoms with Crippen molar-refractivity contribution in [1.82, 2.24) is 20.4 Å². The van der Waals surface area contributed by atoms with Crippen LogP contribution in [0.3, 0.4) is 0 Å². The monoisotopic (exact) mass is 266 g/mol. The van der Waals surface area contributed by atoms with Gasteiger partial charge in [0.2, 0.25) is 11.7 Å². The van der Waals surface area contributed by atoms with Crippen molar-refractivity contribution in [1.29, 1.82) is 0 Å². The quantitative estimate of drug-likeness (QED) is 0.922. The maximum absolute atomic E-state index is 5.78. The highest BCUT2D eigenvalue weighted by Gasteiger charge is 2.26. The Labute approximate surface area is 111 Å². The van der Waals surface area contributed by atoms with Crippen LogP contribution in [0, 0.1) is 0 Å². The lowest BCUT2D eigenvalue weighted by atomic mass is 10.1. The molecule has 0 saturated carbocycles. The molecular formula is C12H15ClN4O. The lowest BCUT2D eigenvalue weighted by Gasteiger charge is -2.20. The smallest absolute Gasteiger partial charge is 0.246 e. The standard InChI is InChI=1S/C12H15ClN4O/c1-4-15-12(2,3)11-16-10(17-18-11)9-6-5-8(13)7-14-9/h5-7,15H,4H2,1-3H3. The van der Waals surface area contributed by atoms with Crippen molar-refractivity contribution in [2.24, 2.45) is 0 Å². The van der Waals surface area contributed by atoms with E-state index in [1.807, 2.05) is 20.8 Å². The Kier molecular flexibility index (Phi) is 3.63. The van der Waals surface area contributed by atoms with Crippen LogP contribution in [0.4, 0.5) is 0 Å². The number of nitrogens with one attached hydrogen (secondary N) is 1. The van der Waals surface area contributed by atoms with Gasteiger partial charge in [-0.3, -0.25) is 4.98 Å². The normalized spacial score (nSPS) is 11.8. The summed E-state index contributed by atoms with van der Waals surface area (Å²) >= 11 is 5.78. The van der Waals surface area contributed by atoms with Gasteiger partial charge in [-0.25, -0.2) is 0 Å². The summed E-state index contributed by atoms with van der Waals surface area (Å²) in [5.41, 5.74) is 0.286. The summed E-state index contributed by atoms with van der Waals surface area (Å²) in [6.07, 6.45) is 1.56. The predicted molar refractivity (Wildman–Crippen MR) is 69.2 cm³/mol. The van der Waals surface area contributed by atoms with Crippen LogP contribution in [-0.2, 0) is 5.54 Å². The van der Waals surface area contributed by atoms with Crippen LogP contribution in [0.25, 0.3) is 11.5 Å². The van der Waals surface area contributed by atoms with Crippen molar-refractivity contribution < 1.29 is 4.52 Å². The number of halogens is 1. The third-order valence-electron chi connectivity index (χ3n) is 2.54. The van der Waals surface area contributed by atoms with E-state index in [2.05, 4.69) is 20.4 Å². The summed E-state index contributed by atoms with van der Waals surface area (Å²) in [5, 5.41) is 7.79. The number of hydrogen-bond donors (Lipinski definition) is 1. The fourth-order valence-electron chi connectivity index (χ4n) is 1.61. The van der Waals surface area contributed by atoms with Gasteiger partial charge in [0.1, 0.15) is 5.69 Å². The largest absolute Gasteiger partial charge is 0.337 e. The Morgan fingerprint density at radius 3 is 2.78 bits per heavy atom. The highest BCUT2D eigenvalue weighted by atomic mass is 35.5. The molecule has 0 aliphatic heterocycles. The zero-order chi connectivity index (χ0) is 13.2. The van der Waals surface area contributed by atoms with Crippen LogP contribution in [0.5, 0.6) is 0 Å². The first-order valence-corrected chi connectivity index (χ1v) is 6.12. The molecule has 2 rings (SSSR count). The second-order valence-electron chi connectivity index (χ2n) is 4.44. The minimum Gasteiger partial charge on any atom is -0.337 e. The van der Waals surface area contributed by atoms with Gasteiger partial charge in [0.15, 0.2) is 0 Å². The average Bonchev–Trinajstić information content (AvgIpc) is 2.80. The highest BCUT2D eigenvalue weighted by Crippen LogP contribution is 2.21. The molecule has 6 heteroatoms. The van der Waals surface area contributed by atoms with Crippen molar-refractivity contribution in [2.75, 3.05) is 6.54 Å². The van der Waals surface area contributed by atoms with E-state index in [1.165, 1.54) is 0 Å². The molecule has 2 aromatic rings. The lowest BCUT2D eigenvalue weighted by molar-refractivity contribution is 0.272. The van der Waals surface area contributed by atoms with Gasteiger partial charge < -0.3 is 9.84 Å². The average molecular weight is 267 g/mol. The fourth-order valence-corrected chi connectivity index (χ4v) is 1.72. The van der Waals surface area contributed by atoms with E-state index in [-0.39, 0.29) is 5.54 Å². The fraction of sp³-hybridized carbons (Fsp3) is 0.417. The lowest BCUT2D eigenvalue weighted by Crippen LogP contribution is -2.36. The van der Waals surface area contributed by atoms with Gasteiger partial charge in [-0.05, 0) is 32.5 Å². The Morgan fingerprint density at radius 1 is 1.39 bits per heavy atom. The molecule has 0 spiro atoms. The van der Waals surface area contributed by atoms with E-state index in [0.29, 0.717) is 22.4 Å². The zero-order valence-electron chi connectivity index (χ0n) is 10.6. The number of rotatable bonds is 4. The van der Waals surface area contributed by atoms with Crippen LogP contribution >= 0.6 is 11.6 Å². The maximum Gasteiger partial charge on any atom is 0.246 e. The third kappa shape index (κ3) is 2.68. The van der Waals surface area contributed by atoms with Crippen LogP contribution < -0.4 is 5.32 Å². The zero-order valence-corrected chi connectivity index (χ0v) is 11.3. The second-order valence-corrected chi connectivity index (χ2v) is 4.88. The molecular weight excluding hydrogens is 252 g/mol. The number of aromatic nitrogens is 3. The molecule has 0 bridgehead atoms. The molecule has 1 N–H and O–H groups in total. The predicted octanol–water partition coefficient (Wildman–Crippen LogP) is 2.63. The minimum absolute atomic E-state index is 0.355. The van der Waals surface area contributed by atoms with Crippen molar-refractivity contribution in [3.05, 3.63) is 29.2 Å². The Balaban J connectivity index is 2.28. The van der Waals surface area contributed by atoms with Crippen LogP contribution in [0.2, 0.25) is 5.02 Å². The molecule has 96 valence electrons. The molecule has 2 aromatic heterocycles. The summed E-state index contributed by atoms with van der Waals surface area (Å²) in [4.78, 5) is 8.51. The van der Waals surface area contributed by atoms with E-state index < -0.39 is 0 Å². The number of pyridine rings is 1. The Hall–Kier alpha value is -1.46. The molecule has 5 nitrogen and oxygen atoms in total. The van der Waals surface area contributed by atoms with Gasteiger partial charge in [0, 0.05) is 6.20 Å². The Morgan fingerprint density at radius 2 is 2.17 bits per heavy atom. The molecule has 0 aliphatic carbocycles. The maximum atomic E-state index is 5.78. The summed E-state index contributed by atoms with van der Waals surface area (Å²) in [5.74, 6) is 1.00. The van der Waals surface area contributed by atoms with Gasteiger partial charge in [-0.2, -0.15) is 4.98 Å². The summed E-state index contributed by atoms with van der Waals surface area (Å²) in [7, 11) is 0. The molecule has 0 amide bonds. The number of nitrogens with zero attached hydrogens (tertiary/aromatic N) is 3. The Bertz CT molecular complexity index is 521. The summed E-state index contributed by atoms with van der Waals surface area (Å²) in [6, 6.07) is 3.51. The van der Waals surface area contributed by atoms with Gasteiger partial charge in [0.05, 0.1) is 10.6 Å². The van der Waals surface area contributed by atoms with Crippen molar-refractivity contribution in [3.8, 4) is 11.5 Å². The summed E-state index contributed by atoms with van der Waals surface area (Å²) in [6.45, 7) is 6.83. The minimum atomic E-state index is -0.355. The first-order valence-electron chi connectivity index (χ1n) is 5.74. The summed E-state index contributed by atoms with van der Waals surface area (Å²) < 4.78 is 5.27. The molecule has 2 heterocycles. The third-order valence-corrected chi connectivity index (χ3v) is 2.76. The van der Waals surface area contributed by atoms with E-state index >= 15 is 0 Å². The van der Waals surface area contributed by atoms with E-state index in [4.69, 9.17) is 16.1 Å². The van der Waals surface area contributed by atoms with Crippen molar-refractivity contribution in [2.45, 2.75) is 26.3 Å². The molecule has 0 fully saturated rings. The first kappa shape index (κ1) is 13.0. The second kappa shape index (κ2) is 5.04. The van der Waals surface area contributed by atoms with Gasteiger partial charge in [0.25, 0.3) is 0 Å². The SMILES string of the molecule is CCNC(C)(C)c1nc(-c2ccc(Cl)cn2)no1. The topological polar surface area (TPSA) is 63.8 Å². The molecule has 0 unspecified atom stereocenters. The van der Waals surface area contributed by atoms with E-state index in [9.17, 15) is 0 Å². The van der Waals surface area contributed by atoms with Gasteiger partial charge in [-0.15, -0.1) is 0 Å². The van der Waals surface area contributed by atoms with E-state index in [0.717, 1.165) is 6.54 Å². The van der Waals surface area contributed by atoms with Crippen molar-refractivity contribution >= 4 is 11.6 Å². The molecule has 0 aromatic carbocycles.